The molecule has 0 N–H and O–H groups in total. The summed E-state index contributed by atoms with van der Waals surface area (Å²) in [5.74, 6) is 1.53. The number of hydrogen-bond donors (Lipinski definition) is 0. The van der Waals surface area contributed by atoms with Crippen molar-refractivity contribution in [3.63, 3.8) is 0 Å². The van der Waals surface area contributed by atoms with E-state index in [0.29, 0.717) is 24.5 Å². The average Bonchev–Trinajstić information content (AvgIpc) is 2.55. The van der Waals surface area contributed by atoms with E-state index in [1.54, 1.807) is 6.07 Å². The predicted molar refractivity (Wildman–Crippen MR) is 97.2 cm³/mol. The Morgan fingerprint density at radius 1 is 0.870 bits per heavy atom. The van der Waals surface area contributed by atoms with Crippen LogP contribution < -0.4 is 9.47 Å². The molecule has 0 saturated carbocycles. The zero-order valence-corrected chi connectivity index (χ0v) is 14.8. The largest absolute Gasteiger partial charge is 0.494 e. The molecule has 2 rings (SSSR count). The summed E-state index contributed by atoms with van der Waals surface area (Å²) in [6, 6.07) is 11.3. The van der Waals surface area contributed by atoms with Crippen molar-refractivity contribution in [2.75, 3.05) is 13.2 Å². The zero-order chi connectivity index (χ0) is 16.7. The van der Waals surface area contributed by atoms with Crippen LogP contribution in [0.4, 0.5) is 0 Å². The summed E-state index contributed by atoms with van der Waals surface area (Å²) in [6.45, 7) is 5.08. The number of ether oxygens (including phenoxy) is 2. The summed E-state index contributed by atoms with van der Waals surface area (Å²) >= 11 is 3.54. The van der Waals surface area contributed by atoms with Gasteiger partial charge in [0.1, 0.15) is 11.5 Å². The van der Waals surface area contributed by atoms with Crippen molar-refractivity contribution >= 4 is 34.4 Å². The Hall–Kier alpha value is -2.07. The van der Waals surface area contributed by atoms with E-state index in [9.17, 15) is 4.79 Å². The van der Waals surface area contributed by atoms with Crippen LogP contribution in [0, 0.1) is 0 Å². The number of carbonyl (C=O) groups is 1. The molecule has 0 aliphatic rings. The van der Waals surface area contributed by atoms with Gasteiger partial charge < -0.3 is 9.47 Å². The van der Waals surface area contributed by atoms with Crippen LogP contribution in [-0.4, -0.2) is 19.5 Å². The molecule has 2 aromatic carbocycles. The van der Waals surface area contributed by atoms with E-state index in [-0.39, 0.29) is 0 Å². The smallest absolute Gasteiger partial charge is 0.150 e. The SMILES string of the molecule is CCOc1ccc(C=Cc2ccc(OCC)cc2C=O)c(Br)c1. The van der Waals surface area contributed by atoms with Gasteiger partial charge in [0.15, 0.2) is 6.29 Å². The van der Waals surface area contributed by atoms with E-state index in [2.05, 4.69) is 15.9 Å². The minimum absolute atomic E-state index is 0.576. The first kappa shape index (κ1) is 17.3. The summed E-state index contributed by atoms with van der Waals surface area (Å²) < 4.78 is 11.8. The fraction of sp³-hybridized carbons (Fsp3) is 0.211. The van der Waals surface area contributed by atoms with Gasteiger partial charge in [0.25, 0.3) is 0 Å². The maximum atomic E-state index is 11.3. The molecule has 120 valence electrons. The van der Waals surface area contributed by atoms with Crippen molar-refractivity contribution in [2.24, 2.45) is 0 Å². The Bertz CT molecular complexity index is 708. The summed E-state index contributed by atoms with van der Waals surface area (Å²) in [6.07, 6.45) is 4.72. The molecule has 0 radical (unpaired) electrons. The first-order valence-electron chi connectivity index (χ1n) is 7.50. The molecule has 0 spiro atoms. The van der Waals surface area contributed by atoms with Crippen LogP contribution >= 0.6 is 15.9 Å². The van der Waals surface area contributed by atoms with Gasteiger partial charge in [-0.1, -0.05) is 40.2 Å². The molecule has 0 saturated heterocycles. The van der Waals surface area contributed by atoms with Gasteiger partial charge in [-0.3, -0.25) is 4.79 Å². The van der Waals surface area contributed by atoms with Gasteiger partial charge in [-0.25, -0.2) is 0 Å². The van der Waals surface area contributed by atoms with Crippen molar-refractivity contribution < 1.29 is 14.3 Å². The molecule has 4 heteroatoms. The van der Waals surface area contributed by atoms with E-state index < -0.39 is 0 Å². The minimum Gasteiger partial charge on any atom is -0.494 e. The highest BCUT2D eigenvalue weighted by molar-refractivity contribution is 9.10. The molecule has 0 heterocycles. The van der Waals surface area contributed by atoms with Crippen molar-refractivity contribution in [3.8, 4) is 11.5 Å². The van der Waals surface area contributed by atoms with Gasteiger partial charge in [-0.15, -0.1) is 0 Å². The number of halogens is 1. The van der Waals surface area contributed by atoms with Crippen LogP contribution in [0.3, 0.4) is 0 Å². The van der Waals surface area contributed by atoms with E-state index >= 15 is 0 Å². The lowest BCUT2D eigenvalue weighted by Gasteiger charge is -2.07. The molecular weight excluding hydrogens is 356 g/mol. The Kier molecular flexibility index (Phi) is 6.41. The lowest BCUT2D eigenvalue weighted by atomic mass is 10.1. The van der Waals surface area contributed by atoms with Crippen molar-refractivity contribution in [1.29, 1.82) is 0 Å². The lowest BCUT2D eigenvalue weighted by molar-refractivity contribution is 0.112. The van der Waals surface area contributed by atoms with Gasteiger partial charge in [0.2, 0.25) is 0 Å². The molecule has 0 aromatic heterocycles. The molecule has 0 amide bonds. The maximum Gasteiger partial charge on any atom is 0.150 e. The summed E-state index contributed by atoms with van der Waals surface area (Å²) in [5, 5.41) is 0. The van der Waals surface area contributed by atoms with Crippen LogP contribution in [-0.2, 0) is 0 Å². The van der Waals surface area contributed by atoms with Crippen molar-refractivity contribution in [3.05, 3.63) is 57.6 Å². The molecule has 2 aromatic rings. The van der Waals surface area contributed by atoms with E-state index in [0.717, 1.165) is 27.6 Å². The van der Waals surface area contributed by atoms with E-state index in [1.165, 1.54) is 0 Å². The number of rotatable bonds is 7. The predicted octanol–water partition coefficient (Wildman–Crippen LogP) is 5.23. The molecule has 23 heavy (non-hydrogen) atoms. The number of benzene rings is 2. The summed E-state index contributed by atoms with van der Waals surface area (Å²) in [7, 11) is 0. The molecule has 0 aliphatic carbocycles. The van der Waals surface area contributed by atoms with Gasteiger partial charge in [-0.2, -0.15) is 0 Å². The van der Waals surface area contributed by atoms with Gasteiger partial charge in [0, 0.05) is 10.0 Å². The number of hydrogen-bond acceptors (Lipinski definition) is 3. The molecule has 3 nitrogen and oxygen atoms in total. The highest BCUT2D eigenvalue weighted by Gasteiger charge is 2.03. The van der Waals surface area contributed by atoms with Gasteiger partial charge in [0.05, 0.1) is 13.2 Å². The second-order valence-electron chi connectivity index (χ2n) is 4.79. The standard InChI is InChI=1S/C19H19BrO3/c1-3-22-17-9-7-14(16(11-17)13-21)5-6-15-8-10-18(23-4-2)12-19(15)20/h5-13H,3-4H2,1-2H3. The zero-order valence-electron chi connectivity index (χ0n) is 13.2. The molecule has 0 atom stereocenters. The molecule has 0 fully saturated rings. The second-order valence-corrected chi connectivity index (χ2v) is 5.65. The fourth-order valence-corrected chi connectivity index (χ4v) is 2.63. The molecule has 0 bridgehead atoms. The minimum atomic E-state index is 0.576. The Labute approximate surface area is 145 Å². The number of carbonyl (C=O) groups excluding carboxylic acids is 1. The average molecular weight is 375 g/mol. The Balaban J connectivity index is 2.24. The monoisotopic (exact) mass is 374 g/mol. The Morgan fingerprint density at radius 2 is 1.43 bits per heavy atom. The van der Waals surface area contributed by atoms with E-state index in [1.807, 2.05) is 56.3 Å². The third kappa shape index (κ3) is 4.70. The maximum absolute atomic E-state index is 11.3. The highest BCUT2D eigenvalue weighted by atomic mass is 79.9. The Morgan fingerprint density at radius 3 is 2.00 bits per heavy atom. The molecule has 0 unspecified atom stereocenters. The van der Waals surface area contributed by atoms with Crippen LogP contribution in [0.1, 0.15) is 35.3 Å². The van der Waals surface area contributed by atoms with Crippen molar-refractivity contribution in [1.82, 2.24) is 0 Å². The van der Waals surface area contributed by atoms with Gasteiger partial charge >= 0.3 is 0 Å². The third-order valence-corrected chi connectivity index (χ3v) is 3.91. The lowest BCUT2D eigenvalue weighted by Crippen LogP contribution is -1.94. The topological polar surface area (TPSA) is 35.5 Å². The van der Waals surface area contributed by atoms with Crippen LogP contribution in [0.5, 0.6) is 11.5 Å². The first-order chi connectivity index (χ1) is 11.2. The quantitative estimate of drug-likeness (QED) is 0.491. The second kappa shape index (κ2) is 8.53. The third-order valence-electron chi connectivity index (χ3n) is 3.22. The molecule has 0 aliphatic heterocycles. The summed E-state index contributed by atoms with van der Waals surface area (Å²) in [5.41, 5.74) is 2.47. The highest BCUT2D eigenvalue weighted by Crippen LogP contribution is 2.26. The molecular formula is C19H19BrO3. The van der Waals surface area contributed by atoms with Gasteiger partial charge in [-0.05, 0) is 49.2 Å². The normalized spacial score (nSPS) is 10.7. The van der Waals surface area contributed by atoms with Crippen molar-refractivity contribution in [2.45, 2.75) is 13.8 Å². The van der Waals surface area contributed by atoms with Crippen LogP contribution in [0.25, 0.3) is 12.2 Å². The number of aldehydes is 1. The summed E-state index contributed by atoms with van der Waals surface area (Å²) in [4.78, 5) is 11.3. The fourth-order valence-electron chi connectivity index (χ4n) is 2.14. The van der Waals surface area contributed by atoms with Crippen LogP contribution in [0.15, 0.2) is 40.9 Å². The van der Waals surface area contributed by atoms with Crippen LogP contribution in [0.2, 0.25) is 0 Å². The van der Waals surface area contributed by atoms with E-state index in [4.69, 9.17) is 9.47 Å². The first-order valence-corrected chi connectivity index (χ1v) is 8.29.